The minimum atomic E-state index is 0.0309. The highest BCUT2D eigenvalue weighted by atomic mass is 16.5. The van der Waals surface area contributed by atoms with Crippen LogP contribution in [0.3, 0.4) is 0 Å². The van der Waals surface area contributed by atoms with Crippen molar-refractivity contribution in [2.75, 3.05) is 49.8 Å². The number of aromatic nitrogens is 2. The van der Waals surface area contributed by atoms with Gasteiger partial charge >= 0.3 is 0 Å². The molecule has 6 nitrogen and oxygen atoms in total. The maximum absolute atomic E-state index is 5.89. The molecule has 1 atom stereocenters. The predicted octanol–water partition coefficient (Wildman–Crippen LogP) is 6.17. The fourth-order valence-electron chi connectivity index (χ4n) is 7.00. The summed E-state index contributed by atoms with van der Waals surface area (Å²) in [6.07, 6.45) is 2.15. The molecule has 2 saturated heterocycles. The monoisotopic (exact) mass is 540 g/mol. The molecule has 0 unspecified atom stereocenters. The molecule has 3 aliphatic heterocycles. The summed E-state index contributed by atoms with van der Waals surface area (Å²) < 4.78 is 11.5. The molecule has 2 fully saturated rings. The van der Waals surface area contributed by atoms with Crippen molar-refractivity contribution in [2.24, 2.45) is 5.41 Å². The molecule has 212 valence electrons. The van der Waals surface area contributed by atoms with E-state index in [1.165, 1.54) is 44.8 Å². The summed E-state index contributed by atoms with van der Waals surface area (Å²) in [6, 6.07) is 13.4. The zero-order valence-electron chi connectivity index (χ0n) is 25.3. The van der Waals surface area contributed by atoms with Gasteiger partial charge in [-0.05, 0) is 55.5 Å². The van der Waals surface area contributed by atoms with Gasteiger partial charge in [-0.25, -0.2) is 9.97 Å². The van der Waals surface area contributed by atoms with Gasteiger partial charge in [-0.1, -0.05) is 51.1 Å². The van der Waals surface area contributed by atoms with Crippen LogP contribution >= 0.6 is 0 Å². The van der Waals surface area contributed by atoms with E-state index in [9.17, 15) is 0 Å². The number of ether oxygens (including phenoxy) is 2. The van der Waals surface area contributed by atoms with Crippen molar-refractivity contribution in [3.05, 3.63) is 69.9 Å². The van der Waals surface area contributed by atoms with Crippen molar-refractivity contribution in [1.82, 2.24) is 9.97 Å². The summed E-state index contributed by atoms with van der Waals surface area (Å²) in [6.45, 7) is 18.7. The molecule has 3 aromatic rings. The van der Waals surface area contributed by atoms with E-state index in [4.69, 9.17) is 19.4 Å². The van der Waals surface area contributed by atoms with E-state index in [1.807, 2.05) is 7.11 Å². The summed E-state index contributed by atoms with van der Waals surface area (Å²) in [5, 5.41) is 0. The molecule has 0 aliphatic carbocycles. The molecule has 6 rings (SSSR count). The van der Waals surface area contributed by atoms with Crippen LogP contribution in [0.5, 0.6) is 0 Å². The first kappa shape index (κ1) is 27.2. The number of fused-ring (bicyclic) bond motifs is 1. The zero-order chi connectivity index (χ0) is 28.2. The quantitative estimate of drug-likeness (QED) is 0.386. The van der Waals surface area contributed by atoms with Crippen LogP contribution in [0.15, 0.2) is 36.4 Å². The van der Waals surface area contributed by atoms with Gasteiger partial charge in [0.05, 0.1) is 25.0 Å². The Kier molecular flexibility index (Phi) is 6.90. The van der Waals surface area contributed by atoms with E-state index in [2.05, 4.69) is 87.7 Å². The molecule has 0 saturated carbocycles. The molecule has 0 amide bonds. The summed E-state index contributed by atoms with van der Waals surface area (Å²) in [7, 11) is 1.85. The molecule has 40 heavy (non-hydrogen) atoms. The van der Waals surface area contributed by atoms with E-state index < -0.39 is 0 Å². The van der Waals surface area contributed by atoms with Crippen LogP contribution in [0.4, 0.5) is 11.5 Å². The number of methoxy groups -OCH3 is 1. The smallest absolute Gasteiger partial charge is 0.162 e. The van der Waals surface area contributed by atoms with Gasteiger partial charge in [-0.15, -0.1) is 0 Å². The SMILES string of the molecule is CO[C@H]1CCN(c2nc(-c3c(C)cccc3C)nc3c2CN(c2cc(C4(C)COC4)ccc2C)CC3)CC1(C)C. The molecular weight excluding hydrogens is 496 g/mol. The van der Waals surface area contributed by atoms with Crippen molar-refractivity contribution in [2.45, 2.75) is 72.4 Å². The van der Waals surface area contributed by atoms with Crippen LogP contribution < -0.4 is 9.80 Å². The van der Waals surface area contributed by atoms with Crippen molar-refractivity contribution >= 4 is 11.5 Å². The Hall–Kier alpha value is -2.96. The molecular formula is C34H44N4O2. The van der Waals surface area contributed by atoms with Crippen LogP contribution in [-0.2, 0) is 27.9 Å². The largest absolute Gasteiger partial charge is 0.381 e. The third-order valence-corrected chi connectivity index (χ3v) is 9.55. The lowest BCUT2D eigenvalue weighted by Crippen LogP contribution is -2.50. The zero-order valence-corrected chi connectivity index (χ0v) is 25.3. The van der Waals surface area contributed by atoms with Crippen molar-refractivity contribution in [1.29, 1.82) is 0 Å². The Morgan fingerprint density at radius 2 is 1.68 bits per heavy atom. The maximum atomic E-state index is 5.89. The topological polar surface area (TPSA) is 50.7 Å². The van der Waals surface area contributed by atoms with Gasteiger partial charge in [-0.3, -0.25) is 0 Å². The lowest BCUT2D eigenvalue weighted by atomic mass is 9.80. The minimum absolute atomic E-state index is 0.0309. The first-order valence-electron chi connectivity index (χ1n) is 14.8. The Labute approximate surface area is 239 Å². The van der Waals surface area contributed by atoms with Crippen LogP contribution in [-0.4, -0.2) is 56.0 Å². The van der Waals surface area contributed by atoms with E-state index in [-0.39, 0.29) is 16.9 Å². The first-order valence-corrected chi connectivity index (χ1v) is 14.8. The van der Waals surface area contributed by atoms with Gasteiger partial charge in [0.2, 0.25) is 0 Å². The highest BCUT2D eigenvalue weighted by Crippen LogP contribution is 2.40. The highest BCUT2D eigenvalue weighted by Gasteiger charge is 2.39. The molecule has 6 heteroatoms. The van der Waals surface area contributed by atoms with E-state index in [1.54, 1.807) is 0 Å². The van der Waals surface area contributed by atoms with E-state index in [0.717, 1.165) is 63.9 Å². The molecule has 2 aromatic carbocycles. The molecule has 1 aromatic heterocycles. The Balaban J connectivity index is 1.43. The number of nitrogens with zero attached hydrogens (tertiary/aromatic N) is 4. The lowest BCUT2D eigenvalue weighted by molar-refractivity contribution is -0.0499. The number of aryl methyl sites for hydroxylation is 3. The van der Waals surface area contributed by atoms with E-state index >= 15 is 0 Å². The van der Waals surface area contributed by atoms with E-state index in [0.29, 0.717) is 0 Å². The second kappa shape index (κ2) is 10.1. The standard InChI is InChI=1S/C34H44N4O2/c1-22-11-12-25(34(6)20-40-21-34)17-28(22)37-15-13-27-26(18-37)32(38-16-14-29(39-7)33(4,5)19-38)36-31(35-27)30-23(2)9-8-10-24(30)3/h8-12,17,29H,13-16,18-21H2,1-7H3/t29-/m0/s1. The Morgan fingerprint density at radius 1 is 0.925 bits per heavy atom. The Bertz CT molecular complexity index is 1410. The summed E-state index contributed by atoms with van der Waals surface area (Å²) in [5.74, 6) is 1.96. The summed E-state index contributed by atoms with van der Waals surface area (Å²) in [5.41, 5.74) is 10.2. The minimum Gasteiger partial charge on any atom is -0.381 e. The third-order valence-electron chi connectivity index (χ3n) is 9.55. The fraction of sp³-hybridized carbons (Fsp3) is 0.529. The van der Waals surface area contributed by atoms with Crippen molar-refractivity contribution in [3.63, 3.8) is 0 Å². The van der Waals surface area contributed by atoms with Crippen LogP contribution in [0.1, 0.15) is 60.7 Å². The summed E-state index contributed by atoms with van der Waals surface area (Å²) in [4.78, 5) is 15.7. The van der Waals surface area contributed by atoms with Crippen LogP contribution in [0, 0.1) is 26.2 Å². The molecule has 3 aliphatic rings. The fourth-order valence-corrected chi connectivity index (χ4v) is 7.00. The first-order chi connectivity index (χ1) is 19.1. The second-order valence-electron chi connectivity index (χ2n) is 13.2. The molecule has 4 heterocycles. The summed E-state index contributed by atoms with van der Waals surface area (Å²) >= 11 is 0. The van der Waals surface area contributed by atoms with Gasteiger partial charge in [0.1, 0.15) is 5.82 Å². The van der Waals surface area contributed by atoms with Gasteiger partial charge in [-0.2, -0.15) is 0 Å². The molecule has 0 N–H and O–H groups in total. The molecule has 0 spiro atoms. The number of rotatable bonds is 5. The normalized spacial score (nSPS) is 21.6. The van der Waals surface area contributed by atoms with Crippen molar-refractivity contribution in [3.8, 4) is 11.4 Å². The van der Waals surface area contributed by atoms with Crippen LogP contribution in [0.2, 0.25) is 0 Å². The number of anilines is 2. The second-order valence-corrected chi connectivity index (χ2v) is 13.2. The number of piperidine rings is 1. The maximum Gasteiger partial charge on any atom is 0.162 e. The van der Waals surface area contributed by atoms with Crippen LogP contribution in [0.25, 0.3) is 11.4 Å². The van der Waals surface area contributed by atoms with Gasteiger partial charge in [0.15, 0.2) is 5.82 Å². The molecule has 0 bridgehead atoms. The Morgan fingerprint density at radius 3 is 2.33 bits per heavy atom. The highest BCUT2D eigenvalue weighted by molar-refractivity contribution is 5.68. The van der Waals surface area contributed by atoms with Gasteiger partial charge in [0, 0.05) is 67.4 Å². The lowest BCUT2D eigenvalue weighted by Gasteiger charge is -2.45. The number of hydrogen-bond donors (Lipinski definition) is 0. The average molecular weight is 541 g/mol. The van der Waals surface area contributed by atoms with Gasteiger partial charge in [0.25, 0.3) is 0 Å². The number of hydrogen-bond acceptors (Lipinski definition) is 6. The predicted molar refractivity (Wildman–Crippen MR) is 162 cm³/mol. The third kappa shape index (κ3) is 4.69. The van der Waals surface area contributed by atoms with Crippen molar-refractivity contribution < 1.29 is 9.47 Å². The average Bonchev–Trinajstić information content (AvgIpc) is 2.90. The van der Waals surface area contributed by atoms with Gasteiger partial charge < -0.3 is 19.3 Å². The number of benzene rings is 2. The molecule has 0 radical (unpaired) electrons.